The zero-order valence-electron chi connectivity index (χ0n) is 14.3. The molecular formula is C16H16ClN3O6S. The topological polar surface area (TPSA) is 132 Å². The first kappa shape index (κ1) is 20.7. The minimum Gasteiger partial charge on any atom is -0.263 e. The number of alkyl halides is 1. The second kappa shape index (κ2) is 7.59. The standard InChI is InChI=1S/C16H16ClN3O6S/c1-11-3-9-14(10-4-11)27(25,26)18-15(16(2,17)20(23)24)12-5-7-13(8-6-12)19(21)22/h3-10,15,18H,1-2H3/t15-,16+/m1/s1. The molecule has 144 valence electrons. The lowest BCUT2D eigenvalue weighted by molar-refractivity contribution is -0.542. The summed E-state index contributed by atoms with van der Waals surface area (Å²) in [5, 5.41) is 22.2. The number of aryl methyl sites for hydroxylation is 1. The lowest BCUT2D eigenvalue weighted by atomic mass is 10.0. The van der Waals surface area contributed by atoms with Gasteiger partial charge in [-0.05, 0) is 36.2 Å². The molecule has 0 fully saturated rings. The largest absolute Gasteiger partial charge is 0.312 e. The quantitative estimate of drug-likeness (QED) is 0.321. The van der Waals surface area contributed by atoms with Gasteiger partial charge in [0.2, 0.25) is 10.0 Å². The SMILES string of the molecule is Cc1ccc(S(=O)(=O)N[C@H](c2ccc([N+](=O)[O-])cc2)[C@@](C)(Cl)[N+](=O)[O-])cc1. The molecule has 9 nitrogen and oxygen atoms in total. The summed E-state index contributed by atoms with van der Waals surface area (Å²) in [4.78, 5) is 18.4. The second-order valence-corrected chi connectivity index (χ2v) is 8.48. The van der Waals surface area contributed by atoms with Crippen LogP contribution in [0.25, 0.3) is 0 Å². The molecule has 2 aromatic rings. The molecule has 0 saturated carbocycles. The summed E-state index contributed by atoms with van der Waals surface area (Å²) in [5.74, 6) is 0. The van der Waals surface area contributed by atoms with Crippen molar-refractivity contribution in [3.63, 3.8) is 0 Å². The molecule has 2 atom stereocenters. The summed E-state index contributed by atoms with van der Waals surface area (Å²) in [7, 11) is -4.14. The number of nitro groups is 2. The van der Waals surface area contributed by atoms with Crippen molar-refractivity contribution in [2.24, 2.45) is 0 Å². The fourth-order valence-electron chi connectivity index (χ4n) is 2.31. The predicted molar refractivity (Wildman–Crippen MR) is 98.6 cm³/mol. The summed E-state index contributed by atoms with van der Waals surface area (Å²) in [6.45, 7) is 2.84. The summed E-state index contributed by atoms with van der Waals surface area (Å²) < 4.78 is 27.6. The van der Waals surface area contributed by atoms with Crippen LogP contribution in [0, 0.1) is 27.2 Å². The maximum atomic E-state index is 12.7. The van der Waals surface area contributed by atoms with Crippen molar-refractivity contribution in [3.8, 4) is 0 Å². The van der Waals surface area contributed by atoms with Crippen molar-refractivity contribution >= 4 is 27.3 Å². The zero-order valence-corrected chi connectivity index (χ0v) is 15.9. The molecule has 0 unspecified atom stereocenters. The van der Waals surface area contributed by atoms with E-state index in [1.807, 2.05) is 0 Å². The molecule has 0 amide bonds. The molecule has 0 aromatic heterocycles. The number of benzene rings is 2. The van der Waals surface area contributed by atoms with Crippen molar-refractivity contribution < 1.29 is 18.3 Å². The lowest BCUT2D eigenvalue weighted by Crippen LogP contribution is -2.45. The van der Waals surface area contributed by atoms with E-state index in [0.717, 1.165) is 24.6 Å². The highest BCUT2D eigenvalue weighted by molar-refractivity contribution is 7.89. The van der Waals surface area contributed by atoms with Gasteiger partial charge in [-0.15, -0.1) is 0 Å². The minimum atomic E-state index is -4.14. The van der Waals surface area contributed by atoms with Crippen molar-refractivity contribution in [3.05, 3.63) is 79.9 Å². The Morgan fingerprint density at radius 1 is 1.04 bits per heavy atom. The van der Waals surface area contributed by atoms with Gasteiger partial charge in [-0.1, -0.05) is 29.8 Å². The van der Waals surface area contributed by atoms with Gasteiger partial charge in [0.05, 0.1) is 9.82 Å². The van der Waals surface area contributed by atoms with Gasteiger partial charge in [0.15, 0.2) is 0 Å². The maximum Gasteiger partial charge on any atom is 0.312 e. The fraction of sp³-hybridized carbons (Fsp3) is 0.250. The molecule has 0 spiro atoms. The van der Waals surface area contributed by atoms with Crippen LogP contribution in [0.5, 0.6) is 0 Å². The lowest BCUT2D eigenvalue weighted by Gasteiger charge is -2.26. The van der Waals surface area contributed by atoms with Gasteiger partial charge in [-0.25, -0.2) is 8.42 Å². The maximum absolute atomic E-state index is 12.7. The summed E-state index contributed by atoms with van der Waals surface area (Å²) in [6.07, 6.45) is 0. The second-order valence-electron chi connectivity index (χ2n) is 6.00. The zero-order chi connectivity index (χ0) is 20.4. The van der Waals surface area contributed by atoms with Gasteiger partial charge in [0, 0.05) is 24.0 Å². The van der Waals surface area contributed by atoms with Crippen LogP contribution in [0.3, 0.4) is 0 Å². The molecule has 0 heterocycles. The number of sulfonamides is 1. The van der Waals surface area contributed by atoms with Crippen LogP contribution in [0.15, 0.2) is 53.4 Å². The van der Waals surface area contributed by atoms with E-state index in [-0.39, 0.29) is 16.1 Å². The van der Waals surface area contributed by atoms with E-state index in [1.165, 1.54) is 24.3 Å². The number of rotatable bonds is 7. The normalized spacial score (nSPS) is 14.9. The summed E-state index contributed by atoms with van der Waals surface area (Å²) >= 11 is 6.03. The van der Waals surface area contributed by atoms with E-state index < -0.39 is 30.9 Å². The molecule has 11 heteroatoms. The Morgan fingerprint density at radius 2 is 1.56 bits per heavy atom. The van der Waals surface area contributed by atoms with Crippen LogP contribution >= 0.6 is 11.6 Å². The Hall–Kier alpha value is -2.56. The van der Waals surface area contributed by atoms with Gasteiger partial charge >= 0.3 is 5.00 Å². The third-order valence-corrected chi connectivity index (χ3v) is 5.72. The Kier molecular flexibility index (Phi) is 5.83. The Balaban J connectivity index is 2.48. The Morgan fingerprint density at radius 3 is 2.00 bits per heavy atom. The molecule has 0 aliphatic rings. The number of nitrogens with zero attached hydrogens (tertiary/aromatic N) is 2. The van der Waals surface area contributed by atoms with Gasteiger partial charge in [-0.3, -0.25) is 20.2 Å². The average molecular weight is 414 g/mol. The predicted octanol–water partition coefficient (Wildman–Crippen LogP) is 3.15. The van der Waals surface area contributed by atoms with Gasteiger partial charge in [0.1, 0.15) is 6.04 Å². The molecule has 27 heavy (non-hydrogen) atoms. The highest BCUT2D eigenvalue weighted by atomic mass is 35.5. The van der Waals surface area contributed by atoms with Crippen LogP contribution in [-0.4, -0.2) is 23.3 Å². The number of non-ortho nitro benzene ring substituents is 1. The van der Waals surface area contributed by atoms with E-state index in [9.17, 15) is 28.6 Å². The molecule has 1 N–H and O–H groups in total. The number of hydrogen-bond donors (Lipinski definition) is 1. The van der Waals surface area contributed by atoms with E-state index in [4.69, 9.17) is 11.6 Å². The molecule has 0 aliphatic carbocycles. The van der Waals surface area contributed by atoms with Crippen LogP contribution in [0.1, 0.15) is 24.1 Å². The highest BCUT2D eigenvalue weighted by Gasteiger charge is 2.47. The molecule has 0 radical (unpaired) electrons. The number of nitro benzene ring substituents is 1. The molecule has 0 saturated heterocycles. The van der Waals surface area contributed by atoms with E-state index >= 15 is 0 Å². The smallest absolute Gasteiger partial charge is 0.263 e. The average Bonchev–Trinajstić information content (AvgIpc) is 2.60. The van der Waals surface area contributed by atoms with Crippen LogP contribution in [-0.2, 0) is 10.0 Å². The molecular weight excluding hydrogens is 398 g/mol. The highest BCUT2D eigenvalue weighted by Crippen LogP contribution is 2.34. The monoisotopic (exact) mass is 413 g/mol. The van der Waals surface area contributed by atoms with Crippen LogP contribution in [0.4, 0.5) is 5.69 Å². The summed E-state index contributed by atoms with van der Waals surface area (Å²) in [6, 6.07) is 9.12. The molecule has 2 aromatic carbocycles. The Labute approximate surface area is 160 Å². The van der Waals surface area contributed by atoms with Crippen molar-refractivity contribution in [1.82, 2.24) is 4.72 Å². The third-order valence-electron chi connectivity index (χ3n) is 3.93. The summed E-state index contributed by atoms with van der Waals surface area (Å²) in [5.41, 5.74) is 0.718. The van der Waals surface area contributed by atoms with Crippen LogP contribution < -0.4 is 4.72 Å². The van der Waals surface area contributed by atoms with Gasteiger partial charge in [0.25, 0.3) is 5.69 Å². The number of hydrogen-bond acceptors (Lipinski definition) is 6. The van der Waals surface area contributed by atoms with E-state index in [1.54, 1.807) is 19.1 Å². The van der Waals surface area contributed by atoms with Gasteiger partial charge in [-0.2, -0.15) is 4.72 Å². The molecule has 0 aliphatic heterocycles. The fourth-order valence-corrected chi connectivity index (χ4v) is 3.87. The van der Waals surface area contributed by atoms with Gasteiger partial charge < -0.3 is 0 Å². The van der Waals surface area contributed by atoms with Crippen LogP contribution in [0.2, 0.25) is 0 Å². The van der Waals surface area contributed by atoms with E-state index in [2.05, 4.69) is 4.72 Å². The van der Waals surface area contributed by atoms with Crippen molar-refractivity contribution in [1.29, 1.82) is 0 Å². The van der Waals surface area contributed by atoms with Crippen molar-refractivity contribution in [2.75, 3.05) is 0 Å². The first-order valence-electron chi connectivity index (χ1n) is 7.62. The molecule has 2 rings (SSSR count). The minimum absolute atomic E-state index is 0.0872. The number of nitrogens with one attached hydrogen (secondary N) is 1. The Bertz CT molecular complexity index is 959. The molecule has 0 bridgehead atoms. The number of halogens is 1. The third kappa shape index (κ3) is 4.59. The van der Waals surface area contributed by atoms with Crippen molar-refractivity contribution in [2.45, 2.75) is 29.8 Å². The van der Waals surface area contributed by atoms with E-state index in [0.29, 0.717) is 0 Å². The first-order valence-corrected chi connectivity index (χ1v) is 9.48. The first-order chi connectivity index (χ1) is 12.4.